The molecule has 2 rings (SSSR count). The highest BCUT2D eigenvalue weighted by Crippen LogP contribution is 2.19. The van der Waals surface area contributed by atoms with Crippen molar-refractivity contribution in [2.75, 3.05) is 7.11 Å². The van der Waals surface area contributed by atoms with Crippen molar-refractivity contribution in [3.63, 3.8) is 0 Å². The SMILES string of the molecule is CCC(C)NC(=O)C(CC)N(Cc1cccc(OC)c1)C(=O)CCc1ccc(C)cc1. The Bertz CT molecular complexity index is 848. The Morgan fingerprint density at radius 1 is 1.03 bits per heavy atom. The predicted octanol–water partition coefficient (Wildman–Crippen LogP) is 4.66. The molecule has 31 heavy (non-hydrogen) atoms. The Hall–Kier alpha value is -2.82. The van der Waals surface area contributed by atoms with Gasteiger partial charge in [-0.2, -0.15) is 0 Å². The lowest BCUT2D eigenvalue weighted by atomic mass is 10.0. The predicted molar refractivity (Wildman–Crippen MR) is 125 cm³/mol. The van der Waals surface area contributed by atoms with E-state index in [4.69, 9.17) is 4.74 Å². The second-order valence-corrected chi connectivity index (χ2v) is 8.10. The number of amides is 2. The van der Waals surface area contributed by atoms with Crippen molar-refractivity contribution in [2.45, 2.75) is 72.0 Å². The van der Waals surface area contributed by atoms with Crippen LogP contribution < -0.4 is 10.1 Å². The lowest BCUT2D eigenvalue weighted by Crippen LogP contribution is -2.50. The first kappa shape index (κ1) is 24.4. The lowest BCUT2D eigenvalue weighted by molar-refractivity contribution is -0.141. The summed E-state index contributed by atoms with van der Waals surface area (Å²) in [6, 6.07) is 15.5. The largest absolute Gasteiger partial charge is 0.497 e. The van der Waals surface area contributed by atoms with Crippen molar-refractivity contribution in [3.05, 3.63) is 65.2 Å². The molecule has 0 saturated heterocycles. The number of nitrogens with one attached hydrogen (secondary N) is 1. The maximum atomic E-state index is 13.3. The molecule has 0 aromatic heterocycles. The summed E-state index contributed by atoms with van der Waals surface area (Å²) in [5.74, 6) is 0.625. The van der Waals surface area contributed by atoms with Crippen LogP contribution in [0.25, 0.3) is 0 Å². The molecule has 168 valence electrons. The van der Waals surface area contributed by atoms with Crippen LogP contribution in [0.5, 0.6) is 5.75 Å². The van der Waals surface area contributed by atoms with E-state index in [1.54, 1.807) is 12.0 Å². The van der Waals surface area contributed by atoms with Crippen molar-refractivity contribution in [1.29, 1.82) is 0 Å². The van der Waals surface area contributed by atoms with Crippen molar-refractivity contribution >= 4 is 11.8 Å². The van der Waals surface area contributed by atoms with Crippen LogP contribution in [0.1, 0.15) is 56.7 Å². The molecular formula is C26H36N2O3. The molecule has 2 aromatic rings. The van der Waals surface area contributed by atoms with Gasteiger partial charge in [0.05, 0.1) is 7.11 Å². The Balaban J connectivity index is 2.22. The average molecular weight is 425 g/mol. The molecule has 2 unspecified atom stereocenters. The highest BCUT2D eigenvalue weighted by Gasteiger charge is 2.29. The molecule has 1 N–H and O–H groups in total. The Kier molecular flexibility index (Phi) is 9.57. The second-order valence-electron chi connectivity index (χ2n) is 8.10. The molecule has 2 amide bonds. The van der Waals surface area contributed by atoms with Gasteiger partial charge in [0, 0.05) is 19.0 Å². The maximum absolute atomic E-state index is 13.3. The summed E-state index contributed by atoms with van der Waals surface area (Å²) >= 11 is 0. The summed E-state index contributed by atoms with van der Waals surface area (Å²) in [5.41, 5.74) is 3.26. The molecule has 0 aliphatic heterocycles. The summed E-state index contributed by atoms with van der Waals surface area (Å²) in [4.78, 5) is 28.0. The Morgan fingerprint density at radius 3 is 2.35 bits per heavy atom. The van der Waals surface area contributed by atoms with Gasteiger partial charge in [0.25, 0.3) is 0 Å². The molecule has 5 heteroatoms. The molecule has 0 fully saturated rings. The number of aryl methyl sites for hydroxylation is 2. The van der Waals surface area contributed by atoms with E-state index in [0.29, 0.717) is 25.8 Å². The number of carbonyl (C=O) groups is 2. The van der Waals surface area contributed by atoms with Gasteiger partial charge in [-0.3, -0.25) is 9.59 Å². The fourth-order valence-electron chi connectivity index (χ4n) is 3.48. The third-order valence-corrected chi connectivity index (χ3v) is 5.62. The minimum absolute atomic E-state index is 0.0189. The Labute approximate surface area is 186 Å². The third-order valence-electron chi connectivity index (χ3n) is 5.62. The first-order valence-corrected chi connectivity index (χ1v) is 11.2. The second kappa shape index (κ2) is 12.1. The summed E-state index contributed by atoms with van der Waals surface area (Å²) < 4.78 is 5.33. The maximum Gasteiger partial charge on any atom is 0.243 e. The van der Waals surface area contributed by atoms with Gasteiger partial charge >= 0.3 is 0 Å². The van der Waals surface area contributed by atoms with E-state index in [1.165, 1.54) is 5.56 Å². The summed E-state index contributed by atoms with van der Waals surface area (Å²) in [5, 5.41) is 3.05. The number of benzene rings is 2. The van der Waals surface area contributed by atoms with Crippen LogP contribution in [0.2, 0.25) is 0 Å². The van der Waals surface area contributed by atoms with Crippen LogP contribution in [-0.4, -0.2) is 35.9 Å². The summed E-state index contributed by atoms with van der Waals surface area (Å²) in [6.07, 6.45) is 2.42. The fraction of sp³-hybridized carbons (Fsp3) is 0.462. The zero-order valence-corrected chi connectivity index (χ0v) is 19.5. The number of methoxy groups -OCH3 is 1. The van der Waals surface area contributed by atoms with Gasteiger partial charge in [0.2, 0.25) is 11.8 Å². The van der Waals surface area contributed by atoms with E-state index in [1.807, 2.05) is 52.0 Å². The quantitative estimate of drug-likeness (QED) is 0.571. The molecule has 0 spiro atoms. The van der Waals surface area contributed by atoms with Gasteiger partial charge < -0.3 is 15.0 Å². The van der Waals surface area contributed by atoms with Gasteiger partial charge in [-0.25, -0.2) is 0 Å². The zero-order chi connectivity index (χ0) is 22.8. The summed E-state index contributed by atoms with van der Waals surface area (Å²) in [7, 11) is 1.62. The molecular weight excluding hydrogens is 388 g/mol. The highest BCUT2D eigenvalue weighted by molar-refractivity contribution is 5.88. The smallest absolute Gasteiger partial charge is 0.243 e. The Morgan fingerprint density at radius 2 is 1.74 bits per heavy atom. The van der Waals surface area contributed by atoms with Gasteiger partial charge in [-0.15, -0.1) is 0 Å². The van der Waals surface area contributed by atoms with Gasteiger partial charge in [-0.1, -0.05) is 55.8 Å². The van der Waals surface area contributed by atoms with E-state index in [2.05, 4.69) is 29.6 Å². The molecule has 0 saturated carbocycles. The molecule has 2 aromatic carbocycles. The lowest BCUT2D eigenvalue weighted by Gasteiger charge is -2.31. The van der Waals surface area contributed by atoms with Crippen LogP contribution in [0.3, 0.4) is 0 Å². The van der Waals surface area contributed by atoms with Crippen molar-refractivity contribution in [1.82, 2.24) is 10.2 Å². The van der Waals surface area contributed by atoms with E-state index in [-0.39, 0.29) is 17.9 Å². The molecule has 5 nitrogen and oxygen atoms in total. The third kappa shape index (κ3) is 7.42. The van der Waals surface area contributed by atoms with Crippen LogP contribution in [-0.2, 0) is 22.6 Å². The number of carbonyl (C=O) groups excluding carboxylic acids is 2. The van der Waals surface area contributed by atoms with Crippen molar-refractivity contribution in [2.24, 2.45) is 0 Å². The number of hydrogen-bond donors (Lipinski definition) is 1. The molecule has 0 heterocycles. The van der Waals surface area contributed by atoms with Crippen LogP contribution >= 0.6 is 0 Å². The van der Waals surface area contributed by atoms with Crippen LogP contribution in [0.15, 0.2) is 48.5 Å². The molecule has 0 radical (unpaired) electrons. The summed E-state index contributed by atoms with van der Waals surface area (Å²) in [6.45, 7) is 8.39. The topological polar surface area (TPSA) is 58.6 Å². The normalized spacial score (nSPS) is 12.7. The first-order valence-electron chi connectivity index (χ1n) is 11.2. The fourth-order valence-corrected chi connectivity index (χ4v) is 3.48. The van der Waals surface area contributed by atoms with E-state index in [9.17, 15) is 9.59 Å². The van der Waals surface area contributed by atoms with Gasteiger partial charge in [-0.05, 0) is 56.4 Å². The van der Waals surface area contributed by atoms with Crippen LogP contribution in [0.4, 0.5) is 0 Å². The van der Waals surface area contributed by atoms with Gasteiger partial charge in [0.15, 0.2) is 0 Å². The molecule has 0 aliphatic carbocycles. The minimum atomic E-state index is -0.509. The molecule has 2 atom stereocenters. The zero-order valence-electron chi connectivity index (χ0n) is 19.5. The van der Waals surface area contributed by atoms with E-state index < -0.39 is 6.04 Å². The first-order chi connectivity index (χ1) is 14.9. The monoisotopic (exact) mass is 424 g/mol. The van der Waals surface area contributed by atoms with Crippen molar-refractivity contribution < 1.29 is 14.3 Å². The average Bonchev–Trinajstić information content (AvgIpc) is 2.78. The number of hydrogen-bond acceptors (Lipinski definition) is 3. The standard InChI is InChI=1S/C26H36N2O3/c1-6-20(4)27-26(30)24(7-2)28(18-22-9-8-10-23(17-22)31-5)25(29)16-15-21-13-11-19(3)12-14-21/h8-14,17,20,24H,6-7,15-16,18H2,1-5H3,(H,27,30). The van der Waals surface area contributed by atoms with Crippen LogP contribution in [0, 0.1) is 6.92 Å². The van der Waals surface area contributed by atoms with Gasteiger partial charge in [0.1, 0.15) is 11.8 Å². The number of nitrogens with zero attached hydrogens (tertiary/aromatic N) is 1. The highest BCUT2D eigenvalue weighted by atomic mass is 16.5. The molecule has 0 aliphatic rings. The van der Waals surface area contributed by atoms with E-state index in [0.717, 1.165) is 23.3 Å². The number of rotatable bonds is 11. The molecule has 0 bridgehead atoms. The number of ether oxygens (including phenoxy) is 1. The van der Waals surface area contributed by atoms with E-state index >= 15 is 0 Å². The van der Waals surface area contributed by atoms with Crippen molar-refractivity contribution in [3.8, 4) is 5.75 Å². The minimum Gasteiger partial charge on any atom is -0.497 e.